The lowest BCUT2D eigenvalue weighted by molar-refractivity contribution is 0.237. The molecule has 3 rings (SSSR count). The SMILES string of the molecule is NC1CCN(C2CC2)C1c1ccccc1Br. The highest BCUT2D eigenvalue weighted by Crippen LogP contribution is 2.42. The molecule has 1 saturated carbocycles. The Hall–Kier alpha value is -0.380. The Morgan fingerprint density at radius 3 is 2.62 bits per heavy atom. The smallest absolute Gasteiger partial charge is 0.0513 e. The van der Waals surface area contributed by atoms with Crippen molar-refractivity contribution in [1.82, 2.24) is 4.90 Å². The predicted molar refractivity (Wildman–Crippen MR) is 69.2 cm³/mol. The van der Waals surface area contributed by atoms with Gasteiger partial charge in [-0.1, -0.05) is 34.1 Å². The van der Waals surface area contributed by atoms with E-state index in [2.05, 4.69) is 45.1 Å². The number of likely N-dealkylation sites (tertiary alicyclic amines) is 1. The number of rotatable bonds is 2. The van der Waals surface area contributed by atoms with Crippen LogP contribution in [0, 0.1) is 0 Å². The maximum Gasteiger partial charge on any atom is 0.0513 e. The minimum atomic E-state index is 0.291. The van der Waals surface area contributed by atoms with Gasteiger partial charge in [0.05, 0.1) is 6.04 Å². The summed E-state index contributed by atoms with van der Waals surface area (Å²) >= 11 is 3.65. The van der Waals surface area contributed by atoms with E-state index in [0.717, 1.165) is 19.0 Å². The van der Waals surface area contributed by atoms with E-state index in [1.807, 2.05) is 0 Å². The normalized spacial score (nSPS) is 30.9. The predicted octanol–water partition coefficient (Wildman–Crippen LogP) is 2.69. The van der Waals surface area contributed by atoms with E-state index in [-0.39, 0.29) is 0 Å². The Kier molecular flexibility index (Phi) is 2.78. The zero-order valence-electron chi connectivity index (χ0n) is 9.27. The summed E-state index contributed by atoms with van der Waals surface area (Å²) in [5.74, 6) is 0. The molecule has 0 amide bonds. The lowest BCUT2D eigenvalue weighted by Gasteiger charge is -2.27. The Morgan fingerprint density at radius 1 is 1.19 bits per heavy atom. The fourth-order valence-electron chi connectivity index (χ4n) is 2.78. The Balaban J connectivity index is 1.93. The van der Waals surface area contributed by atoms with Crippen molar-refractivity contribution in [3.05, 3.63) is 34.3 Å². The van der Waals surface area contributed by atoms with Crippen LogP contribution in [0.3, 0.4) is 0 Å². The molecule has 2 nitrogen and oxygen atoms in total. The maximum atomic E-state index is 6.27. The van der Waals surface area contributed by atoms with Crippen molar-refractivity contribution in [2.45, 2.75) is 37.4 Å². The van der Waals surface area contributed by atoms with Gasteiger partial charge in [0, 0.05) is 23.1 Å². The van der Waals surface area contributed by atoms with Crippen LogP contribution in [0.5, 0.6) is 0 Å². The van der Waals surface area contributed by atoms with Crippen molar-refractivity contribution < 1.29 is 0 Å². The number of hydrogen-bond acceptors (Lipinski definition) is 2. The number of hydrogen-bond donors (Lipinski definition) is 1. The molecule has 86 valence electrons. The molecule has 2 aliphatic rings. The van der Waals surface area contributed by atoms with Crippen LogP contribution in [0.15, 0.2) is 28.7 Å². The Labute approximate surface area is 105 Å². The van der Waals surface area contributed by atoms with E-state index in [0.29, 0.717) is 12.1 Å². The van der Waals surface area contributed by atoms with Crippen LogP contribution < -0.4 is 5.73 Å². The molecule has 0 aromatic heterocycles. The van der Waals surface area contributed by atoms with Gasteiger partial charge in [-0.25, -0.2) is 0 Å². The molecular weight excluding hydrogens is 264 g/mol. The number of benzene rings is 1. The van der Waals surface area contributed by atoms with Crippen LogP contribution in [0.2, 0.25) is 0 Å². The molecule has 0 bridgehead atoms. The molecular formula is C13H17BrN2. The van der Waals surface area contributed by atoms with Gasteiger partial charge in [0.25, 0.3) is 0 Å². The van der Waals surface area contributed by atoms with Crippen molar-refractivity contribution in [2.75, 3.05) is 6.54 Å². The molecule has 1 aliphatic heterocycles. The molecule has 3 heteroatoms. The monoisotopic (exact) mass is 280 g/mol. The second kappa shape index (κ2) is 4.13. The molecule has 2 atom stereocenters. The van der Waals surface area contributed by atoms with Gasteiger partial charge in [-0.05, 0) is 30.9 Å². The number of nitrogens with two attached hydrogens (primary N) is 1. The van der Waals surface area contributed by atoms with Crippen molar-refractivity contribution in [1.29, 1.82) is 0 Å². The van der Waals surface area contributed by atoms with Gasteiger partial charge >= 0.3 is 0 Å². The summed E-state index contributed by atoms with van der Waals surface area (Å²) in [4.78, 5) is 2.60. The average molecular weight is 281 g/mol. The van der Waals surface area contributed by atoms with Crippen molar-refractivity contribution in [2.24, 2.45) is 5.73 Å². The minimum absolute atomic E-state index is 0.291. The summed E-state index contributed by atoms with van der Waals surface area (Å²) in [6.45, 7) is 1.16. The second-order valence-electron chi connectivity index (χ2n) is 4.89. The summed E-state index contributed by atoms with van der Waals surface area (Å²) in [5.41, 5.74) is 7.63. The Bertz CT molecular complexity index is 389. The zero-order chi connectivity index (χ0) is 11.1. The molecule has 0 spiro atoms. The third-order valence-corrected chi connectivity index (χ3v) is 4.45. The maximum absolute atomic E-state index is 6.27. The van der Waals surface area contributed by atoms with Crippen LogP contribution in [0.1, 0.15) is 30.9 Å². The van der Waals surface area contributed by atoms with Crippen molar-refractivity contribution >= 4 is 15.9 Å². The van der Waals surface area contributed by atoms with E-state index in [9.17, 15) is 0 Å². The van der Waals surface area contributed by atoms with Crippen LogP contribution >= 0.6 is 15.9 Å². The molecule has 1 heterocycles. The molecule has 2 unspecified atom stereocenters. The highest BCUT2D eigenvalue weighted by molar-refractivity contribution is 9.10. The van der Waals surface area contributed by atoms with Gasteiger partial charge in [0.2, 0.25) is 0 Å². The summed E-state index contributed by atoms with van der Waals surface area (Å²) in [6, 6.07) is 10.00. The third-order valence-electron chi connectivity index (χ3n) is 3.72. The first-order valence-corrected chi connectivity index (χ1v) is 6.82. The molecule has 16 heavy (non-hydrogen) atoms. The quantitative estimate of drug-likeness (QED) is 0.903. The molecule has 0 radical (unpaired) electrons. The first-order chi connectivity index (χ1) is 7.77. The summed E-state index contributed by atoms with van der Waals surface area (Å²) in [6.07, 6.45) is 3.84. The largest absolute Gasteiger partial charge is 0.326 e. The Morgan fingerprint density at radius 2 is 1.94 bits per heavy atom. The van der Waals surface area contributed by atoms with Crippen molar-refractivity contribution in [3.63, 3.8) is 0 Å². The third kappa shape index (κ3) is 1.81. The lowest BCUT2D eigenvalue weighted by atomic mass is 10.0. The van der Waals surface area contributed by atoms with Gasteiger partial charge in [-0.15, -0.1) is 0 Å². The van der Waals surface area contributed by atoms with Gasteiger partial charge in [-0.3, -0.25) is 4.90 Å². The summed E-state index contributed by atoms with van der Waals surface area (Å²) in [7, 11) is 0. The van der Waals surface area contributed by atoms with E-state index in [1.54, 1.807) is 0 Å². The van der Waals surface area contributed by atoms with Gasteiger partial charge in [0.15, 0.2) is 0 Å². The lowest BCUT2D eigenvalue weighted by Crippen LogP contribution is -2.33. The summed E-state index contributed by atoms with van der Waals surface area (Å²) in [5, 5.41) is 0. The second-order valence-corrected chi connectivity index (χ2v) is 5.74. The van der Waals surface area contributed by atoms with Crippen LogP contribution in [-0.2, 0) is 0 Å². The van der Waals surface area contributed by atoms with E-state index in [1.165, 1.54) is 22.9 Å². The topological polar surface area (TPSA) is 29.3 Å². The highest BCUT2D eigenvalue weighted by Gasteiger charge is 2.41. The number of nitrogens with zero attached hydrogens (tertiary/aromatic N) is 1. The van der Waals surface area contributed by atoms with E-state index >= 15 is 0 Å². The van der Waals surface area contributed by atoms with E-state index in [4.69, 9.17) is 5.73 Å². The van der Waals surface area contributed by atoms with Gasteiger partial charge in [-0.2, -0.15) is 0 Å². The van der Waals surface area contributed by atoms with Crippen LogP contribution in [-0.4, -0.2) is 23.5 Å². The molecule has 1 aromatic carbocycles. The molecule has 1 aliphatic carbocycles. The fourth-order valence-corrected chi connectivity index (χ4v) is 3.30. The first-order valence-electron chi connectivity index (χ1n) is 6.03. The standard InChI is InChI=1S/C13H17BrN2/c14-11-4-2-1-3-10(11)13-12(15)7-8-16(13)9-5-6-9/h1-4,9,12-13H,5-8,15H2. The molecule has 1 saturated heterocycles. The molecule has 2 N–H and O–H groups in total. The first kappa shape index (κ1) is 10.8. The average Bonchev–Trinajstić information content (AvgIpc) is 3.04. The summed E-state index contributed by atoms with van der Waals surface area (Å²) < 4.78 is 1.20. The molecule has 1 aromatic rings. The highest BCUT2D eigenvalue weighted by atomic mass is 79.9. The van der Waals surface area contributed by atoms with Gasteiger partial charge in [0.1, 0.15) is 0 Å². The molecule has 2 fully saturated rings. The van der Waals surface area contributed by atoms with Crippen molar-refractivity contribution in [3.8, 4) is 0 Å². The van der Waals surface area contributed by atoms with Crippen LogP contribution in [0.25, 0.3) is 0 Å². The fraction of sp³-hybridized carbons (Fsp3) is 0.538. The zero-order valence-corrected chi connectivity index (χ0v) is 10.9. The van der Waals surface area contributed by atoms with Gasteiger partial charge < -0.3 is 5.73 Å². The van der Waals surface area contributed by atoms with E-state index < -0.39 is 0 Å². The number of halogens is 1. The van der Waals surface area contributed by atoms with Crippen LogP contribution in [0.4, 0.5) is 0 Å². The minimum Gasteiger partial charge on any atom is -0.326 e.